The van der Waals surface area contributed by atoms with Gasteiger partial charge in [-0.2, -0.15) is 0 Å². The van der Waals surface area contributed by atoms with Gasteiger partial charge in [0.2, 0.25) is 0 Å². The van der Waals surface area contributed by atoms with Crippen LogP contribution in [0.1, 0.15) is 32.1 Å². The Kier molecular flexibility index (Phi) is 3.83. The standard InChI is InChI=1S/C16H23FN2O/c1-20-15-11-13(17)5-6-14(15)19-10-9-18-16(12-19)7-3-2-4-8-16/h5-6,11,18H,2-4,7-10,12H2,1H3. The summed E-state index contributed by atoms with van der Waals surface area (Å²) in [7, 11) is 1.61. The molecule has 1 aliphatic carbocycles. The maximum atomic E-state index is 13.3. The molecule has 4 heteroatoms. The zero-order valence-electron chi connectivity index (χ0n) is 12.1. The lowest BCUT2D eigenvalue weighted by molar-refractivity contribution is 0.216. The number of nitrogens with one attached hydrogen (secondary N) is 1. The molecular formula is C16H23FN2O. The molecule has 1 saturated carbocycles. The first kappa shape index (κ1) is 13.7. The number of halogens is 1. The zero-order valence-corrected chi connectivity index (χ0v) is 12.1. The molecule has 2 aliphatic rings. The van der Waals surface area contributed by atoms with Gasteiger partial charge in [0.05, 0.1) is 12.8 Å². The third-order valence-electron chi connectivity index (χ3n) is 4.67. The molecule has 20 heavy (non-hydrogen) atoms. The summed E-state index contributed by atoms with van der Waals surface area (Å²) < 4.78 is 18.7. The molecule has 1 saturated heterocycles. The van der Waals surface area contributed by atoms with Crippen molar-refractivity contribution < 1.29 is 9.13 Å². The monoisotopic (exact) mass is 278 g/mol. The van der Waals surface area contributed by atoms with Gasteiger partial charge >= 0.3 is 0 Å². The second-order valence-corrected chi connectivity index (χ2v) is 6.01. The van der Waals surface area contributed by atoms with E-state index in [0.717, 1.165) is 25.3 Å². The van der Waals surface area contributed by atoms with E-state index in [9.17, 15) is 4.39 Å². The van der Waals surface area contributed by atoms with Gasteiger partial charge in [-0.05, 0) is 25.0 Å². The van der Waals surface area contributed by atoms with Gasteiger partial charge < -0.3 is 15.0 Å². The second-order valence-electron chi connectivity index (χ2n) is 6.01. The van der Waals surface area contributed by atoms with Gasteiger partial charge in [-0.3, -0.25) is 0 Å². The van der Waals surface area contributed by atoms with Crippen molar-refractivity contribution in [1.29, 1.82) is 0 Å². The Bertz CT molecular complexity index is 466. The molecule has 1 aromatic rings. The quantitative estimate of drug-likeness (QED) is 0.900. The summed E-state index contributed by atoms with van der Waals surface area (Å²) in [6, 6.07) is 4.84. The minimum Gasteiger partial charge on any atom is -0.494 e. The van der Waals surface area contributed by atoms with Crippen molar-refractivity contribution in [2.75, 3.05) is 31.6 Å². The van der Waals surface area contributed by atoms with Crippen LogP contribution in [0, 0.1) is 5.82 Å². The number of nitrogens with zero attached hydrogens (tertiary/aromatic N) is 1. The number of benzene rings is 1. The molecule has 1 aliphatic heterocycles. The maximum Gasteiger partial charge on any atom is 0.145 e. The van der Waals surface area contributed by atoms with E-state index in [-0.39, 0.29) is 11.4 Å². The molecule has 1 N–H and O–H groups in total. The highest BCUT2D eigenvalue weighted by molar-refractivity contribution is 5.59. The van der Waals surface area contributed by atoms with Crippen LogP contribution in [-0.4, -0.2) is 32.3 Å². The van der Waals surface area contributed by atoms with Crippen molar-refractivity contribution in [3.05, 3.63) is 24.0 Å². The summed E-state index contributed by atoms with van der Waals surface area (Å²) in [6.45, 7) is 2.93. The summed E-state index contributed by atoms with van der Waals surface area (Å²) in [6.07, 6.45) is 6.45. The van der Waals surface area contributed by atoms with Crippen LogP contribution >= 0.6 is 0 Å². The fourth-order valence-electron chi connectivity index (χ4n) is 3.64. The van der Waals surface area contributed by atoms with Crippen molar-refractivity contribution >= 4 is 5.69 Å². The van der Waals surface area contributed by atoms with E-state index in [2.05, 4.69) is 10.2 Å². The normalized spacial score (nSPS) is 22.0. The molecule has 0 bridgehead atoms. The molecular weight excluding hydrogens is 255 g/mol. The molecule has 1 aromatic carbocycles. The lowest BCUT2D eigenvalue weighted by atomic mass is 9.80. The fraction of sp³-hybridized carbons (Fsp3) is 0.625. The second kappa shape index (κ2) is 5.60. The number of ether oxygens (including phenoxy) is 1. The van der Waals surface area contributed by atoms with E-state index in [1.165, 1.54) is 44.2 Å². The van der Waals surface area contributed by atoms with Crippen LogP contribution in [0.3, 0.4) is 0 Å². The molecule has 110 valence electrons. The van der Waals surface area contributed by atoms with E-state index >= 15 is 0 Å². The van der Waals surface area contributed by atoms with E-state index < -0.39 is 0 Å². The predicted octanol–water partition coefficient (Wildman–Crippen LogP) is 2.95. The van der Waals surface area contributed by atoms with Gasteiger partial charge in [-0.1, -0.05) is 19.3 Å². The number of methoxy groups -OCH3 is 1. The van der Waals surface area contributed by atoms with Gasteiger partial charge in [0.15, 0.2) is 0 Å². The number of rotatable bonds is 2. The van der Waals surface area contributed by atoms with E-state index in [1.807, 2.05) is 6.07 Å². The molecule has 0 unspecified atom stereocenters. The SMILES string of the molecule is COc1cc(F)ccc1N1CCNC2(CCCCC2)C1. The smallest absolute Gasteiger partial charge is 0.145 e. The molecule has 3 rings (SSSR count). The van der Waals surface area contributed by atoms with Crippen molar-refractivity contribution in [2.24, 2.45) is 0 Å². The van der Waals surface area contributed by atoms with Crippen molar-refractivity contribution in [2.45, 2.75) is 37.6 Å². The Labute approximate surface area is 120 Å². The highest BCUT2D eigenvalue weighted by Gasteiger charge is 2.36. The van der Waals surface area contributed by atoms with Gasteiger partial charge in [0, 0.05) is 31.2 Å². The number of hydrogen-bond donors (Lipinski definition) is 1. The summed E-state index contributed by atoms with van der Waals surface area (Å²) >= 11 is 0. The summed E-state index contributed by atoms with van der Waals surface area (Å²) in [5.41, 5.74) is 1.26. The first-order chi connectivity index (χ1) is 9.72. The molecule has 3 nitrogen and oxygen atoms in total. The largest absolute Gasteiger partial charge is 0.494 e. The maximum absolute atomic E-state index is 13.3. The molecule has 1 spiro atoms. The Morgan fingerprint density at radius 1 is 1.25 bits per heavy atom. The first-order valence-corrected chi connectivity index (χ1v) is 7.56. The molecule has 2 fully saturated rings. The van der Waals surface area contributed by atoms with Crippen LogP contribution < -0.4 is 15.0 Å². The lowest BCUT2D eigenvalue weighted by Crippen LogP contribution is -2.61. The van der Waals surface area contributed by atoms with Crippen molar-refractivity contribution in [3.8, 4) is 5.75 Å². The number of hydrogen-bond acceptors (Lipinski definition) is 3. The third kappa shape index (κ3) is 2.62. The molecule has 0 amide bonds. The van der Waals surface area contributed by atoms with Gasteiger partial charge in [0.1, 0.15) is 11.6 Å². The van der Waals surface area contributed by atoms with E-state index in [0.29, 0.717) is 5.75 Å². The van der Waals surface area contributed by atoms with Crippen LogP contribution in [0.2, 0.25) is 0 Å². The van der Waals surface area contributed by atoms with Crippen LogP contribution in [0.25, 0.3) is 0 Å². The first-order valence-electron chi connectivity index (χ1n) is 7.56. The molecule has 0 radical (unpaired) electrons. The third-order valence-corrected chi connectivity index (χ3v) is 4.67. The number of piperazine rings is 1. The Balaban J connectivity index is 1.83. The Morgan fingerprint density at radius 2 is 2.05 bits per heavy atom. The van der Waals surface area contributed by atoms with E-state index in [4.69, 9.17) is 4.74 Å². The fourth-order valence-corrected chi connectivity index (χ4v) is 3.64. The van der Waals surface area contributed by atoms with Gasteiger partial charge in [0.25, 0.3) is 0 Å². The van der Waals surface area contributed by atoms with Crippen molar-refractivity contribution in [3.63, 3.8) is 0 Å². The molecule has 0 aromatic heterocycles. The van der Waals surface area contributed by atoms with Crippen LogP contribution in [0.5, 0.6) is 5.75 Å². The summed E-state index contributed by atoms with van der Waals surface area (Å²) in [5.74, 6) is 0.394. The average molecular weight is 278 g/mol. The minimum atomic E-state index is -0.242. The van der Waals surface area contributed by atoms with Crippen LogP contribution in [0.4, 0.5) is 10.1 Å². The van der Waals surface area contributed by atoms with Crippen LogP contribution in [-0.2, 0) is 0 Å². The van der Waals surface area contributed by atoms with Crippen LogP contribution in [0.15, 0.2) is 18.2 Å². The predicted molar refractivity (Wildman–Crippen MR) is 79.0 cm³/mol. The highest BCUT2D eigenvalue weighted by Crippen LogP contribution is 2.35. The van der Waals surface area contributed by atoms with E-state index in [1.54, 1.807) is 7.11 Å². The molecule has 0 atom stereocenters. The average Bonchev–Trinajstić information content (AvgIpc) is 2.48. The highest BCUT2D eigenvalue weighted by atomic mass is 19.1. The van der Waals surface area contributed by atoms with Gasteiger partial charge in [-0.25, -0.2) is 4.39 Å². The molecule has 1 heterocycles. The summed E-state index contributed by atoms with van der Waals surface area (Å²) in [4.78, 5) is 2.35. The lowest BCUT2D eigenvalue weighted by Gasteiger charge is -2.47. The topological polar surface area (TPSA) is 24.5 Å². The zero-order chi connectivity index (χ0) is 14.0. The Hall–Kier alpha value is -1.29. The minimum absolute atomic E-state index is 0.242. The Morgan fingerprint density at radius 3 is 2.80 bits per heavy atom. The summed E-state index contributed by atoms with van der Waals surface area (Å²) in [5, 5.41) is 3.73. The van der Waals surface area contributed by atoms with Gasteiger partial charge in [-0.15, -0.1) is 0 Å². The number of anilines is 1. The van der Waals surface area contributed by atoms with Crippen molar-refractivity contribution in [1.82, 2.24) is 5.32 Å².